The van der Waals surface area contributed by atoms with Crippen molar-refractivity contribution < 1.29 is 0 Å². The van der Waals surface area contributed by atoms with Gasteiger partial charge in [0.05, 0.1) is 5.69 Å². The molecule has 1 aromatic heterocycles. The molecule has 1 atom stereocenters. The van der Waals surface area contributed by atoms with E-state index in [4.69, 9.17) is 4.98 Å². The fourth-order valence-corrected chi connectivity index (χ4v) is 3.81. The molecular weight excluding hydrogens is 252 g/mol. The van der Waals surface area contributed by atoms with E-state index in [2.05, 4.69) is 42.6 Å². The maximum atomic E-state index is 4.72. The van der Waals surface area contributed by atoms with Gasteiger partial charge < -0.3 is 5.32 Å². The maximum absolute atomic E-state index is 4.72. The Kier molecular flexibility index (Phi) is 3.83. The Balaban J connectivity index is 1.75. The summed E-state index contributed by atoms with van der Waals surface area (Å²) in [4.78, 5) is 6.21. The standard InChI is InChI=1S/C16H20N2S/c1-2-10-17-16-18-14-9-8-13(11-15(14)19-16)12-6-4-3-5-7-12/h3-7,13H,2,8-11H2,1H3,(H,17,18). The number of nitrogens with one attached hydrogen (secondary N) is 1. The maximum Gasteiger partial charge on any atom is 0.183 e. The Bertz CT molecular complexity index is 533. The van der Waals surface area contributed by atoms with E-state index < -0.39 is 0 Å². The summed E-state index contributed by atoms with van der Waals surface area (Å²) in [6, 6.07) is 10.9. The van der Waals surface area contributed by atoms with Crippen LogP contribution in [0.15, 0.2) is 30.3 Å². The first-order valence-corrected chi connectivity index (χ1v) is 7.96. The minimum atomic E-state index is 0.674. The predicted molar refractivity (Wildman–Crippen MR) is 82.1 cm³/mol. The largest absolute Gasteiger partial charge is 0.362 e. The van der Waals surface area contributed by atoms with Gasteiger partial charge in [-0.2, -0.15) is 0 Å². The van der Waals surface area contributed by atoms with Crippen LogP contribution < -0.4 is 5.32 Å². The van der Waals surface area contributed by atoms with Gasteiger partial charge in [-0.3, -0.25) is 0 Å². The van der Waals surface area contributed by atoms with Gasteiger partial charge in [-0.15, -0.1) is 11.3 Å². The molecule has 19 heavy (non-hydrogen) atoms. The topological polar surface area (TPSA) is 24.9 Å². The van der Waals surface area contributed by atoms with E-state index in [9.17, 15) is 0 Å². The molecule has 1 N–H and O–H groups in total. The highest BCUT2D eigenvalue weighted by molar-refractivity contribution is 7.15. The van der Waals surface area contributed by atoms with Crippen molar-refractivity contribution in [2.24, 2.45) is 0 Å². The zero-order valence-electron chi connectivity index (χ0n) is 11.4. The van der Waals surface area contributed by atoms with Crippen LogP contribution in [-0.4, -0.2) is 11.5 Å². The molecule has 3 heteroatoms. The summed E-state index contributed by atoms with van der Waals surface area (Å²) in [7, 11) is 0. The van der Waals surface area contributed by atoms with Crippen LogP contribution in [0.2, 0.25) is 0 Å². The number of fused-ring (bicyclic) bond motifs is 1. The van der Waals surface area contributed by atoms with Gasteiger partial charge in [0.2, 0.25) is 0 Å². The number of hydrogen-bond acceptors (Lipinski definition) is 3. The third-order valence-electron chi connectivity index (χ3n) is 3.74. The van der Waals surface area contributed by atoms with Gasteiger partial charge in [0.25, 0.3) is 0 Å². The average Bonchev–Trinajstić information content (AvgIpc) is 2.87. The molecule has 1 aliphatic carbocycles. The van der Waals surface area contributed by atoms with Gasteiger partial charge >= 0.3 is 0 Å². The van der Waals surface area contributed by atoms with Gasteiger partial charge in [0.1, 0.15) is 0 Å². The molecule has 2 nitrogen and oxygen atoms in total. The Morgan fingerprint density at radius 3 is 2.95 bits per heavy atom. The number of anilines is 1. The summed E-state index contributed by atoms with van der Waals surface area (Å²) >= 11 is 1.85. The van der Waals surface area contributed by atoms with E-state index in [0.29, 0.717) is 5.92 Å². The molecule has 1 aromatic carbocycles. The molecule has 2 aromatic rings. The smallest absolute Gasteiger partial charge is 0.183 e. The minimum absolute atomic E-state index is 0.674. The Labute approximate surface area is 118 Å². The van der Waals surface area contributed by atoms with E-state index in [1.54, 1.807) is 0 Å². The SMILES string of the molecule is CCCNc1nc2c(s1)CC(c1ccccc1)CC2. The van der Waals surface area contributed by atoms with Crippen molar-refractivity contribution in [3.05, 3.63) is 46.5 Å². The first-order chi connectivity index (χ1) is 9.36. The second kappa shape index (κ2) is 5.74. The van der Waals surface area contributed by atoms with Crippen LogP contribution in [0.3, 0.4) is 0 Å². The number of hydrogen-bond donors (Lipinski definition) is 1. The van der Waals surface area contributed by atoms with Gasteiger partial charge in [0.15, 0.2) is 5.13 Å². The molecule has 1 unspecified atom stereocenters. The van der Waals surface area contributed by atoms with Gasteiger partial charge in [-0.25, -0.2) is 4.98 Å². The van der Waals surface area contributed by atoms with Crippen molar-refractivity contribution in [2.45, 2.75) is 38.5 Å². The van der Waals surface area contributed by atoms with Crippen molar-refractivity contribution in [3.8, 4) is 0 Å². The van der Waals surface area contributed by atoms with E-state index in [-0.39, 0.29) is 0 Å². The number of aromatic nitrogens is 1. The Hall–Kier alpha value is -1.35. The van der Waals surface area contributed by atoms with Gasteiger partial charge in [-0.1, -0.05) is 37.3 Å². The molecule has 0 saturated heterocycles. The van der Waals surface area contributed by atoms with Crippen molar-refractivity contribution >= 4 is 16.5 Å². The van der Waals surface area contributed by atoms with Crippen molar-refractivity contribution in [2.75, 3.05) is 11.9 Å². The number of rotatable bonds is 4. The average molecular weight is 272 g/mol. The van der Waals surface area contributed by atoms with Crippen LogP contribution in [0.25, 0.3) is 0 Å². The van der Waals surface area contributed by atoms with E-state index >= 15 is 0 Å². The summed E-state index contributed by atoms with van der Waals surface area (Å²) < 4.78 is 0. The number of nitrogens with zero attached hydrogens (tertiary/aromatic N) is 1. The molecule has 1 heterocycles. The van der Waals surface area contributed by atoms with Crippen LogP contribution in [0.4, 0.5) is 5.13 Å². The zero-order valence-corrected chi connectivity index (χ0v) is 12.2. The van der Waals surface area contributed by atoms with E-state index in [0.717, 1.165) is 30.9 Å². The van der Waals surface area contributed by atoms with Crippen LogP contribution in [0, 0.1) is 0 Å². The third kappa shape index (κ3) is 2.81. The summed E-state index contributed by atoms with van der Waals surface area (Å²) in [5.74, 6) is 0.674. The lowest BCUT2D eigenvalue weighted by molar-refractivity contribution is 0.584. The third-order valence-corrected chi connectivity index (χ3v) is 4.81. The molecule has 0 fully saturated rings. The lowest BCUT2D eigenvalue weighted by atomic mass is 9.85. The molecule has 0 aliphatic heterocycles. The predicted octanol–water partition coefficient (Wildman–Crippen LogP) is 4.24. The molecule has 0 spiro atoms. The quantitative estimate of drug-likeness (QED) is 0.900. The molecule has 0 saturated carbocycles. The molecule has 0 radical (unpaired) electrons. The van der Waals surface area contributed by atoms with Crippen molar-refractivity contribution in [1.29, 1.82) is 0 Å². The molecule has 0 amide bonds. The number of aryl methyl sites for hydroxylation is 1. The first-order valence-electron chi connectivity index (χ1n) is 7.14. The number of benzene rings is 1. The monoisotopic (exact) mass is 272 g/mol. The fourth-order valence-electron chi connectivity index (χ4n) is 2.69. The van der Waals surface area contributed by atoms with Crippen LogP contribution in [0.1, 0.15) is 41.8 Å². The second-order valence-corrected chi connectivity index (χ2v) is 6.25. The summed E-state index contributed by atoms with van der Waals surface area (Å²) in [6.45, 7) is 3.21. The molecule has 3 rings (SSSR count). The fraction of sp³-hybridized carbons (Fsp3) is 0.438. The van der Waals surface area contributed by atoms with E-state index in [1.165, 1.54) is 22.6 Å². The second-order valence-electron chi connectivity index (χ2n) is 5.17. The molecular formula is C16H20N2S. The molecule has 1 aliphatic rings. The van der Waals surface area contributed by atoms with Crippen molar-refractivity contribution in [3.63, 3.8) is 0 Å². The van der Waals surface area contributed by atoms with Gasteiger partial charge in [0, 0.05) is 11.4 Å². The zero-order chi connectivity index (χ0) is 13.1. The highest BCUT2D eigenvalue weighted by atomic mass is 32.1. The summed E-state index contributed by atoms with van der Waals surface area (Å²) in [5.41, 5.74) is 2.81. The van der Waals surface area contributed by atoms with Gasteiger partial charge in [-0.05, 0) is 37.2 Å². The lowest BCUT2D eigenvalue weighted by Gasteiger charge is -2.21. The van der Waals surface area contributed by atoms with Crippen molar-refractivity contribution in [1.82, 2.24) is 4.98 Å². The highest BCUT2D eigenvalue weighted by Crippen LogP contribution is 2.36. The highest BCUT2D eigenvalue weighted by Gasteiger charge is 2.23. The minimum Gasteiger partial charge on any atom is -0.362 e. The Morgan fingerprint density at radius 2 is 2.16 bits per heavy atom. The number of thiazole rings is 1. The normalized spacial score (nSPS) is 18.1. The molecule has 0 bridgehead atoms. The summed E-state index contributed by atoms with van der Waals surface area (Å²) in [5, 5.41) is 4.53. The van der Waals surface area contributed by atoms with Crippen LogP contribution in [0.5, 0.6) is 0 Å². The lowest BCUT2D eigenvalue weighted by Crippen LogP contribution is -2.11. The molecule has 100 valence electrons. The van der Waals surface area contributed by atoms with Crippen LogP contribution >= 0.6 is 11.3 Å². The Morgan fingerprint density at radius 1 is 1.32 bits per heavy atom. The van der Waals surface area contributed by atoms with E-state index in [1.807, 2.05) is 11.3 Å². The summed E-state index contributed by atoms with van der Waals surface area (Å²) in [6.07, 6.45) is 4.66. The van der Waals surface area contributed by atoms with Crippen LogP contribution in [-0.2, 0) is 12.8 Å². The first kappa shape index (κ1) is 12.7.